The van der Waals surface area contributed by atoms with E-state index in [-0.39, 0.29) is 4.90 Å². The Kier molecular flexibility index (Phi) is 4.43. The van der Waals surface area contributed by atoms with E-state index in [0.717, 1.165) is 12.8 Å². The van der Waals surface area contributed by atoms with Gasteiger partial charge in [0.2, 0.25) is 10.0 Å². The molecule has 0 amide bonds. The molecule has 1 aliphatic rings. The molecule has 0 heterocycles. The molecule has 0 aromatic heterocycles. The highest BCUT2D eigenvalue weighted by atomic mass is 32.2. The van der Waals surface area contributed by atoms with Crippen molar-refractivity contribution in [1.29, 1.82) is 5.26 Å². The van der Waals surface area contributed by atoms with Crippen LogP contribution in [-0.2, 0) is 10.0 Å². The molecule has 1 aliphatic carbocycles. The molecule has 0 unspecified atom stereocenters. The van der Waals surface area contributed by atoms with Gasteiger partial charge in [0, 0.05) is 6.04 Å². The summed E-state index contributed by atoms with van der Waals surface area (Å²) >= 11 is 0. The molecule has 0 radical (unpaired) electrons. The molecule has 6 heteroatoms. The van der Waals surface area contributed by atoms with Gasteiger partial charge in [-0.3, -0.25) is 0 Å². The molecular weight excluding hydrogens is 276 g/mol. The van der Waals surface area contributed by atoms with Gasteiger partial charge in [-0.25, -0.2) is 13.1 Å². The molecule has 2 N–H and O–H groups in total. The highest BCUT2D eigenvalue weighted by Crippen LogP contribution is 2.21. The van der Waals surface area contributed by atoms with E-state index in [4.69, 9.17) is 5.26 Å². The number of nitrogens with zero attached hydrogens (tertiary/aromatic N) is 1. The second kappa shape index (κ2) is 5.92. The van der Waals surface area contributed by atoms with E-state index < -0.39 is 22.2 Å². The molecule has 0 spiro atoms. The Morgan fingerprint density at radius 3 is 2.65 bits per heavy atom. The number of hydrogen-bond acceptors (Lipinski definition) is 4. The number of aliphatic hydroxyl groups excluding tert-OH is 1. The number of aliphatic hydroxyl groups is 1. The minimum Gasteiger partial charge on any atom is -0.391 e. The lowest BCUT2D eigenvalue weighted by Gasteiger charge is -2.28. The summed E-state index contributed by atoms with van der Waals surface area (Å²) in [5.41, 5.74) is 1.08. The van der Waals surface area contributed by atoms with E-state index in [9.17, 15) is 13.5 Å². The van der Waals surface area contributed by atoms with Crippen LogP contribution in [0.15, 0.2) is 23.1 Å². The normalized spacial score (nSPS) is 23.2. The number of aryl methyl sites for hydroxylation is 1. The monoisotopic (exact) mass is 294 g/mol. The van der Waals surface area contributed by atoms with Crippen molar-refractivity contribution in [2.75, 3.05) is 0 Å². The van der Waals surface area contributed by atoms with Crippen molar-refractivity contribution in [1.82, 2.24) is 4.72 Å². The third kappa shape index (κ3) is 3.18. The fraction of sp³-hybridized carbons (Fsp3) is 0.500. The molecule has 1 fully saturated rings. The summed E-state index contributed by atoms with van der Waals surface area (Å²) in [6.45, 7) is 1.70. The third-order valence-electron chi connectivity index (χ3n) is 3.66. The van der Waals surface area contributed by atoms with Crippen molar-refractivity contribution >= 4 is 10.0 Å². The van der Waals surface area contributed by atoms with E-state index in [1.54, 1.807) is 6.92 Å². The summed E-state index contributed by atoms with van der Waals surface area (Å²) in [5.74, 6) is 0. The van der Waals surface area contributed by atoms with Crippen molar-refractivity contribution in [3.05, 3.63) is 29.3 Å². The molecule has 2 rings (SSSR count). The summed E-state index contributed by atoms with van der Waals surface area (Å²) in [4.78, 5) is 0.131. The molecule has 1 aromatic carbocycles. The largest absolute Gasteiger partial charge is 0.391 e. The standard InChI is InChI=1S/C14H18N2O3S/c1-10-8-12(7-6-11(10)9-15)20(18,19)16-13-4-2-3-5-14(13)17/h6-8,13-14,16-17H,2-5H2,1H3/t13-,14-/m0/s1. The lowest BCUT2D eigenvalue weighted by atomic mass is 9.93. The molecule has 0 saturated heterocycles. The Bertz CT molecular complexity index is 634. The summed E-state index contributed by atoms with van der Waals surface area (Å²) in [6.07, 6.45) is 2.49. The minimum atomic E-state index is -3.66. The number of benzene rings is 1. The third-order valence-corrected chi connectivity index (χ3v) is 5.15. The minimum absolute atomic E-state index is 0.131. The van der Waals surface area contributed by atoms with Crippen LogP contribution < -0.4 is 4.72 Å². The number of nitriles is 1. The van der Waals surface area contributed by atoms with Gasteiger partial charge >= 0.3 is 0 Å². The Labute approximate surface area is 119 Å². The summed E-state index contributed by atoms with van der Waals surface area (Å²) in [5, 5.41) is 18.7. The molecule has 0 aliphatic heterocycles. The molecule has 2 atom stereocenters. The Morgan fingerprint density at radius 2 is 2.05 bits per heavy atom. The molecule has 0 bridgehead atoms. The van der Waals surface area contributed by atoms with Gasteiger partial charge in [-0.15, -0.1) is 0 Å². The van der Waals surface area contributed by atoms with Crippen LogP contribution in [0.1, 0.15) is 36.8 Å². The van der Waals surface area contributed by atoms with Gasteiger partial charge in [-0.05, 0) is 43.5 Å². The van der Waals surface area contributed by atoms with Crippen LogP contribution in [0.2, 0.25) is 0 Å². The van der Waals surface area contributed by atoms with Crippen molar-refractivity contribution in [3.63, 3.8) is 0 Å². The number of hydrogen-bond donors (Lipinski definition) is 2. The summed E-state index contributed by atoms with van der Waals surface area (Å²) in [7, 11) is -3.66. The second-order valence-corrected chi connectivity index (χ2v) is 6.88. The lowest BCUT2D eigenvalue weighted by molar-refractivity contribution is 0.101. The molecule has 108 valence electrons. The maximum atomic E-state index is 12.3. The van der Waals surface area contributed by atoms with Crippen LogP contribution in [0.4, 0.5) is 0 Å². The summed E-state index contributed by atoms with van der Waals surface area (Å²) < 4.78 is 27.2. The zero-order valence-corrected chi connectivity index (χ0v) is 12.2. The smallest absolute Gasteiger partial charge is 0.240 e. The predicted octanol–water partition coefficient (Wildman–Crippen LogP) is 1.45. The van der Waals surface area contributed by atoms with E-state index in [2.05, 4.69) is 4.72 Å². The molecule has 1 saturated carbocycles. The fourth-order valence-electron chi connectivity index (χ4n) is 2.44. The Balaban J connectivity index is 2.22. The maximum absolute atomic E-state index is 12.3. The first-order chi connectivity index (χ1) is 9.44. The van der Waals surface area contributed by atoms with Gasteiger partial charge in [0.25, 0.3) is 0 Å². The molecule has 20 heavy (non-hydrogen) atoms. The highest BCUT2D eigenvalue weighted by Gasteiger charge is 2.28. The first-order valence-electron chi connectivity index (χ1n) is 6.65. The first-order valence-corrected chi connectivity index (χ1v) is 8.13. The van der Waals surface area contributed by atoms with Crippen molar-refractivity contribution in [2.45, 2.75) is 49.6 Å². The van der Waals surface area contributed by atoms with Crippen LogP contribution in [0.3, 0.4) is 0 Å². The van der Waals surface area contributed by atoms with Gasteiger partial charge in [-0.2, -0.15) is 5.26 Å². The SMILES string of the molecule is Cc1cc(S(=O)(=O)N[C@H]2CCCC[C@@H]2O)ccc1C#N. The summed E-state index contributed by atoms with van der Waals surface area (Å²) in [6, 6.07) is 5.98. The maximum Gasteiger partial charge on any atom is 0.240 e. The average Bonchev–Trinajstić information content (AvgIpc) is 2.41. The highest BCUT2D eigenvalue weighted by molar-refractivity contribution is 7.89. The zero-order valence-electron chi connectivity index (χ0n) is 11.3. The Morgan fingerprint density at radius 1 is 1.35 bits per heavy atom. The van der Waals surface area contributed by atoms with Crippen LogP contribution in [-0.4, -0.2) is 25.7 Å². The first kappa shape index (κ1) is 15.0. The van der Waals surface area contributed by atoms with E-state index >= 15 is 0 Å². The van der Waals surface area contributed by atoms with Crippen molar-refractivity contribution in [3.8, 4) is 6.07 Å². The van der Waals surface area contributed by atoms with Gasteiger partial charge in [0.15, 0.2) is 0 Å². The van der Waals surface area contributed by atoms with Gasteiger partial charge in [0.1, 0.15) is 0 Å². The van der Waals surface area contributed by atoms with E-state index in [1.165, 1.54) is 18.2 Å². The van der Waals surface area contributed by atoms with Crippen molar-refractivity contribution < 1.29 is 13.5 Å². The zero-order chi connectivity index (χ0) is 14.8. The topological polar surface area (TPSA) is 90.2 Å². The van der Waals surface area contributed by atoms with Gasteiger partial charge in [-0.1, -0.05) is 12.8 Å². The molecule has 1 aromatic rings. The van der Waals surface area contributed by atoms with E-state index in [0.29, 0.717) is 24.0 Å². The van der Waals surface area contributed by atoms with Crippen LogP contribution in [0.25, 0.3) is 0 Å². The van der Waals surface area contributed by atoms with Crippen LogP contribution in [0.5, 0.6) is 0 Å². The number of nitrogens with one attached hydrogen (secondary N) is 1. The van der Waals surface area contributed by atoms with E-state index in [1.807, 2.05) is 6.07 Å². The van der Waals surface area contributed by atoms with Gasteiger partial charge < -0.3 is 5.11 Å². The predicted molar refractivity (Wildman–Crippen MR) is 74.5 cm³/mol. The number of rotatable bonds is 3. The fourth-order valence-corrected chi connectivity index (χ4v) is 3.83. The van der Waals surface area contributed by atoms with Crippen LogP contribution in [0, 0.1) is 18.3 Å². The van der Waals surface area contributed by atoms with Crippen LogP contribution >= 0.6 is 0 Å². The molecular formula is C14H18N2O3S. The molecule has 5 nitrogen and oxygen atoms in total. The van der Waals surface area contributed by atoms with Gasteiger partial charge in [0.05, 0.1) is 22.6 Å². The second-order valence-electron chi connectivity index (χ2n) is 5.17. The lowest BCUT2D eigenvalue weighted by Crippen LogP contribution is -2.44. The number of sulfonamides is 1. The quantitative estimate of drug-likeness (QED) is 0.882. The average molecular weight is 294 g/mol. The van der Waals surface area contributed by atoms with Crippen molar-refractivity contribution in [2.24, 2.45) is 0 Å². The Hall–Kier alpha value is -1.42.